The van der Waals surface area contributed by atoms with Crippen molar-refractivity contribution in [2.75, 3.05) is 39.6 Å². The van der Waals surface area contributed by atoms with E-state index < -0.39 is 97.5 Å². The third-order valence-corrected chi connectivity index (χ3v) is 22.5. The highest BCUT2D eigenvalue weighted by atomic mass is 31.2. The van der Waals surface area contributed by atoms with Gasteiger partial charge in [0.1, 0.15) is 19.3 Å². The maximum Gasteiger partial charge on any atom is 0.472 e. The molecule has 3 unspecified atom stereocenters. The van der Waals surface area contributed by atoms with Gasteiger partial charge in [-0.15, -0.1) is 0 Å². The van der Waals surface area contributed by atoms with Crippen molar-refractivity contribution < 1.29 is 80.2 Å². The van der Waals surface area contributed by atoms with Crippen molar-refractivity contribution in [2.45, 2.75) is 477 Å². The topological polar surface area (TPSA) is 237 Å². The molecule has 0 aliphatic heterocycles. The Labute approximate surface area is 645 Å². The zero-order chi connectivity index (χ0) is 77.1. The molecule has 0 aromatic carbocycles. The molecule has 0 heterocycles. The second kappa shape index (κ2) is 77.4. The first-order valence-corrected chi connectivity index (χ1v) is 47.5. The van der Waals surface area contributed by atoms with Crippen LogP contribution in [-0.4, -0.2) is 96.7 Å². The van der Waals surface area contributed by atoms with Crippen LogP contribution in [0.15, 0.2) is 0 Å². The highest BCUT2D eigenvalue weighted by Crippen LogP contribution is 2.45. The van der Waals surface area contributed by atoms with Crippen LogP contribution in [0.5, 0.6) is 0 Å². The summed E-state index contributed by atoms with van der Waals surface area (Å²) in [5.74, 6) is -0.447. The van der Waals surface area contributed by atoms with Gasteiger partial charge in [-0.25, -0.2) is 9.13 Å². The molecule has 0 saturated carbocycles. The van der Waals surface area contributed by atoms with Gasteiger partial charge in [-0.3, -0.25) is 37.3 Å². The molecule has 0 amide bonds. The molecule has 0 aromatic rings. The fourth-order valence-corrected chi connectivity index (χ4v) is 15.0. The van der Waals surface area contributed by atoms with Crippen LogP contribution < -0.4 is 0 Å². The zero-order valence-electron chi connectivity index (χ0n) is 69.0. The first-order valence-electron chi connectivity index (χ1n) is 44.5. The molecule has 0 aromatic heterocycles. The summed E-state index contributed by atoms with van der Waals surface area (Å²) < 4.78 is 68.9. The number of hydrogen-bond acceptors (Lipinski definition) is 15. The second-order valence-corrected chi connectivity index (χ2v) is 34.6. The Hall–Kier alpha value is -1.94. The van der Waals surface area contributed by atoms with Crippen LogP contribution in [0.1, 0.15) is 459 Å². The fourth-order valence-electron chi connectivity index (χ4n) is 13.4. The standard InChI is InChI=1S/C86H168O17P2/c1-7-10-12-14-16-18-20-21-22-23-24-27-34-40-46-52-58-64-70-85(90)102-81(74-96-83(88)68-62-56-50-44-36-19-17-15-13-11-8-2)76-100-104(92,93)98-72-80(87)73-99-105(94,95)101-77-82(103-86(91)71-65-59-53-47-41-35-28-25-26-31-37-42-48-54-60-66-78(4)5)75-97-84(89)69-63-57-51-45-39-33-30-29-32-38-43-49-55-61-67-79(6)9-3/h78-82,87H,7-77H2,1-6H3,(H,92,93)(H,94,95)/t79?,80-,81+,82+/m0/s1. The van der Waals surface area contributed by atoms with Crippen molar-refractivity contribution in [3.63, 3.8) is 0 Å². The van der Waals surface area contributed by atoms with E-state index in [4.69, 9.17) is 37.0 Å². The Morgan fingerprint density at radius 1 is 0.276 bits per heavy atom. The van der Waals surface area contributed by atoms with E-state index in [1.807, 2.05) is 0 Å². The molecule has 0 spiro atoms. The second-order valence-electron chi connectivity index (χ2n) is 31.6. The van der Waals surface area contributed by atoms with E-state index in [0.29, 0.717) is 25.7 Å². The smallest absolute Gasteiger partial charge is 0.462 e. The molecule has 0 radical (unpaired) electrons. The number of aliphatic hydroxyl groups is 1. The Morgan fingerprint density at radius 2 is 0.486 bits per heavy atom. The number of carbonyl (C=O) groups excluding carboxylic acids is 4. The van der Waals surface area contributed by atoms with Gasteiger partial charge in [-0.05, 0) is 37.5 Å². The van der Waals surface area contributed by atoms with Gasteiger partial charge in [0, 0.05) is 25.7 Å². The van der Waals surface area contributed by atoms with Crippen LogP contribution in [-0.2, 0) is 65.4 Å². The first-order chi connectivity index (χ1) is 50.9. The van der Waals surface area contributed by atoms with E-state index in [1.54, 1.807) is 0 Å². The molecule has 0 aliphatic carbocycles. The van der Waals surface area contributed by atoms with Crippen LogP contribution in [0.2, 0.25) is 0 Å². The number of phosphoric acid groups is 2. The SMILES string of the molecule is CCCCCCCCCCCCCCCCCCCCC(=O)O[C@H](COC(=O)CCCCCCCCCCCCC)COP(=O)(O)OC[C@H](O)COP(=O)(O)OC[C@@H](COC(=O)CCCCCCCCCCCCCCCCC(C)CC)OC(=O)CCCCCCCCCCCCCCCCCC(C)C. The largest absolute Gasteiger partial charge is 0.472 e. The highest BCUT2D eigenvalue weighted by Gasteiger charge is 2.30. The Morgan fingerprint density at radius 3 is 0.724 bits per heavy atom. The average Bonchev–Trinajstić information content (AvgIpc) is 0.931. The summed E-state index contributed by atoms with van der Waals surface area (Å²) in [6.07, 6.45) is 69.2. The van der Waals surface area contributed by atoms with Crippen molar-refractivity contribution in [3.05, 3.63) is 0 Å². The van der Waals surface area contributed by atoms with E-state index in [-0.39, 0.29) is 25.7 Å². The maximum atomic E-state index is 13.1. The van der Waals surface area contributed by atoms with Crippen LogP contribution >= 0.6 is 15.6 Å². The van der Waals surface area contributed by atoms with E-state index in [2.05, 4.69) is 41.5 Å². The highest BCUT2D eigenvalue weighted by molar-refractivity contribution is 7.47. The molecule has 0 aliphatic rings. The van der Waals surface area contributed by atoms with Crippen molar-refractivity contribution in [1.29, 1.82) is 0 Å². The van der Waals surface area contributed by atoms with Crippen molar-refractivity contribution in [1.82, 2.24) is 0 Å². The number of rotatable bonds is 85. The fraction of sp³-hybridized carbons (Fsp3) is 0.953. The van der Waals surface area contributed by atoms with Gasteiger partial charge >= 0.3 is 39.5 Å². The molecular weight excluding hydrogens is 1370 g/mol. The summed E-state index contributed by atoms with van der Waals surface area (Å²) in [6.45, 7) is 9.76. The zero-order valence-corrected chi connectivity index (χ0v) is 70.8. The molecular formula is C86H168O17P2. The molecule has 19 heteroatoms. The normalized spacial score (nSPS) is 14.1. The van der Waals surface area contributed by atoms with E-state index >= 15 is 0 Å². The van der Waals surface area contributed by atoms with Crippen LogP contribution in [0.25, 0.3) is 0 Å². The van der Waals surface area contributed by atoms with E-state index in [0.717, 1.165) is 102 Å². The lowest BCUT2D eigenvalue weighted by molar-refractivity contribution is -0.161. The lowest BCUT2D eigenvalue weighted by Gasteiger charge is -2.21. The lowest BCUT2D eigenvalue weighted by atomic mass is 9.99. The maximum absolute atomic E-state index is 13.1. The number of unbranched alkanes of at least 4 members (excludes halogenated alkanes) is 54. The molecule has 0 rings (SSSR count). The van der Waals surface area contributed by atoms with Crippen molar-refractivity contribution in [2.24, 2.45) is 11.8 Å². The molecule has 624 valence electrons. The Bertz CT molecular complexity index is 2010. The van der Waals surface area contributed by atoms with Gasteiger partial charge in [0.25, 0.3) is 0 Å². The number of ether oxygens (including phenoxy) is 4. The van der Waals surface area contributed by atoms with Gasteiger partial charge in [-0.2, -0.15) is 0 Å². The predicted octanol–water partition coefficient (Wildman–Crippen LogP) is 26.2. The first kappa shape index (κ1) is 103. The van der Waals surface area contributed by atoms with Gasteiger partial charge in [-0.1, -0.05) is 408 Å². The minimum atomic E-state index is -4.97. The summed E-state index contributed by atoms with van der Waals surface area (Å²) in [4.78, 5) is 73.2. The molecule has 0 saturated heterocycles. The average molecular weight is 1540 g/mol. The minimum absolute atomic E-state index is 0.108. The molecule has 6 atom stereocenters. The summed E-state index contributed by atoms with van der Waals surface area (Å²) in [5, 5.41) is 10.7. The molecule has 0 fully saturated rings. The third-order valence-electron chi connectivity index (χ3n) is 20.6. The van der Waals surface area contributed by atoms with Crippen molar-refractivity contribution in [3.8, 4) is 0 Å². The summed E-state index contributed by atoms with van der Waals surface area (Å²) >= 11 is 0. The van der Waals surface area contributed by atoms with E-state index in [1.165, 1.54) is 276 Å². The number of phosphoric ester groups is 2. The number of esters is 4. The molecule has 17 nitrogen and oxygen atoms in total. The molecule has 3 N–H and O–H groups in total. The number of hydrogen-bond donors (Lipinski definition) is 3. The quantitative estimate of drug-likeness (QED) is 0.0222. The van der Waals surface area contributed by atoms with Crippen LogP contribution in [0.3, 0.4) is 0 Å². The number of aliphatic hydroxyl groups excluding tert-OH is 1. The minimum Gasteiger partial charge on any atom is -0.462 e. The lowest BCUT2D eigenvalue weighted by Crippen LogP contribution is -2.30. The summed E-state index contributed by atoms with van der Waals surface area (Å²) in [5.41, 5.74) is 0. The Balaban J connectivity index is 5.25. The van der Waals surface area contributed by atoms with Crippen LogP contribution in [0, 0.1) is 11.8 Å². The van der Waals surface area contributed by atoms with Gasteiger partial charge < -0.3 is 33.8 Å². The molecule has 0 bridgehead atoms. The monoisotopic (exact) mass is 1540 g/mol. The summed E-state index contributed by atoms with van der Waals surface area (Å²) in [6, 6.07) is 0. The van der Waals surface area contributed by atoms with Gasteiger partial charge in [0.05, 0.1) is 26.4 Å². The third kappa shape index (κ3) is 78.5. The summed E-state index contributed by atoms with van der Waals surface area (Å²) in [7, 11) is -9.93. The number of carbonyl (C=O) groups is 4. The van der Waals surface area contributed by atoms with Gasteiger partial charge in [0.2, 0.25) is 0 Å². The van der Waals surface area contributed by atoms with Crippen LogP contribution in [0.4, 0.5) is 0 Å². The predicted molar refractivity (Wildman–Crippen MR) is 432 cm³/mol. The van der Waals surface area contributed by atoms with Crippen molar-refractivity contribution >= 4 is 39.5 Å². The van der Waals surface area contributed by atoms with Gasteiger partial charge in [0.15, 0.2) is 12.2 Å². The molecule has 105 heavy (non-hydrogen) atoms. The van der Waals surface area contributed by atoms with E-state index in [9.17, 15) is 43.2 Å². The Kier molecular flexibility index (Phi) is 76.0.